The van der Waals surface area contributed by atoms with Gasteiger partial charge in [-0.3, -0.25) is 0 Å². The number of guanidine groups is 1. The summed E-state index contributed by atoms with van der Waals surface area (Å²) in [6.45, 7) is 10.2. The second kappa shape index (κ2) is 10.4. The maximum atomic E-state index is 12.5. The van der Waals surface area contributed by atoms with E-state index in [0.29, 0.717) is 44.4 Å². The van der Waals surface area contributed by atoms with Crippen LogP contribution in [0.5, 0.6) is 0 Å². The van der Waals surface area contributed by atoms with E-state index in [9.17, 15) is 13.5 Å². The lowest BCUT2D eigenvalue weighted by Gasteiger charge is -2.36. The van der Waals surface area contributed by atoms with E-state index < -0.39 is 15.6 Å². The van der Waals surface area contributed by atoms with Crippen LogP contribution in [0.1, 0.15) is 33.5 Å². The van der Waals surface area contributed by atoms with Gasteiger partial charge in [-0.15, -0.1) is 0 Å². The normalized spacial score (nSPS) is 18.8. The molecule has 10 heteroatoms. The molecule has 1 saturated heterocycles. The van der Waals surface area contributed by atoms with Gasteiger partial charge in [0.2, 0.25) is 10.0 Å². The van der Waals surface area contributed by atoms with Crippen LogP contribution >= 0.6 is 0 Å². The lowest BCUT2D eigenvalue weighted by molar-refractivity contribution is 0.0434. The van der Waals surface area contributed by atoms with Crippen LogP contribution in [0.25, 0.3) is 0 Å². The molecule has 29 heavy (non-hydrogen) atoms. The fourth-order valence-electron chi connectivity index (χ4n) is 3.01. The van der Waals surface area contributed by atoms with Gasteiger partial charge >= 0.3 is 0 Å². The number of piperazine rings is 1. The number of hydrogen-bond donors (Lipinski definition) is 2. The molecule has 1 aromatic heterocycles. The number of nitrogens with zero attached hydrogens (tertiary/aromatic N) is 3. The zero-order valence-corrected chi connectivity index (χ0v) is 18.6. The van der Waals surface area contributed by atoms with Crippen molar-refractivity contribution in [1.82, 2.24) is 14.5 Å². The highest BCUT2D eigenvalue weighted by atomic mass is 32.2. The summed E-state index contributed by atoms with van der Waals surface area (Å²) >= 11 is 0. The van der Waals surface area contributed by atoms with Crippen LogP contribution in [0.3, 0.4) is 0 Å². The van der Waals surface area contributed by atoms with Gasteiger partial charge in [-0.05, 0) is 39.8 Å². The SMILES string of the molecule is CCNC(=NCC(C)(O)c1ccco1)N1CCN(S(=O)(=O)CCOC(C)C)CC1. The molecule has 0 radical (unpaired) electrons. The van der Waals surface area contributed by atoms with Crippen LogP contribution in [0.15, 0.2) is 27.8 Å². The Morgan fingerprint density at radius 3 is 2.62 bits per heavy atom. The van der Waals surface area contributed by atoms with Crippen molar-refractivity contribution in [3.8, 4) is 0 Å². The number of sulfonamides is 1. The number of nitrogens with one attached hydrogen (secondary N) is 1. The maximum absolute atomic E-state index is 12.5. The summed E-state index contributed by atoms with van der Waals surface area (Å²) in [6, 6.07) is 3.44. The molecule has 2 heterocycles. The van der Waals surface area contributed by atoms with Gasteiger partial charge in [0, 0.05) is 32.7 Å². The van der Waals surface area contributed by atoms with Crippen LogP contribution in [0.2, 0.25) is 0 Å². The van der Waals surface area contributed by atoms with E-state index in [2.05, 4.69) is 10.3 Å². The Labute approximate surface area is 173 Å². The lowest BCUT2D eigenvalue weighted by Crippen LogP contribution is -2.54. The van der Waals surface area contributed by atoms with E-state index in [0.717, 1.165) is 0 Å². The Morgan fingerprint density at radius 2 is 2.07 bits per heavy atom. The largest absolute Gasteiger partial charge is 0.466 e. The van der Waals surface area contributed by atoms with Gasteiger partial charge < -0.3 is 24.5 Å². The molecule has 0 aromatic carbocycles. The molecule has 0 aliphatic carbocycles. The third-order valence-corrected chi connectivity index (χ3v) is 6.48. The molecule has 1 aromatic rings. The van der Waals surface area contributed by atoms with Gasteiger partial charge in [-0.2, -0.15) is 4.31 Å². The van der Waals surface area contributed by atoms with Crippen molar-refractivity contribution in [2.75, 3.05) is 51.6 Å². The van der Waals surface area contributed by atoms with Crippen LogP contribution in [0.4, 0.5) is 0 Å². The van der Waals surface area contributed by atoms with Crippen molar-refractivity contribution in [3.05, 3.63) is 24.2 Å². The Bertz CT molecular complexity index is 739. The first-order valence-corrected chi connectivity index (χ1v) is 11.7. The second-order valence-corrected chi connectivity index (χ2v) is 9.63. The van der Waals surface area contributed by atoms with E-state index in [-0.39, 0.29) is 25.0 Å². The zero-order valence-electron chi connectivity index (χ0n) is 17.8. The van der Waals surface area contributed by atoms with E-state index in [1.54, 1.807) is 19.1 Å². The van der Waals surface area contributed by atoms with E-state index in [1.165, 1.54) is 10.6 Å². The molecular formula is C19H34N4O5S. The lowest BCUT2D eigenvalue weighted by atomic mass is 10.0. The molecule has 1 unspecified atom stereocenters. The molecule has 2 N–H and O–H groups in total. The highest BCUT2D eigenvalue weighted by Crippen LogP contribution is 2.21. The first kappa shape index (κ1) is 23.7. The number of furan rings is 1. The summed E-state index contributed by atoms with van der Waals surface area (Å²) in [5, 5.41) is 13.8. The van der Waals surface area contributed by atoms with Gasteiger partial charge in [0.15, 0.2) is 5.96 Å². The van der Waals surface area contributed by atoms with E-state index in [4.69, 9.17) is 9.15 Å². The maximum Gasteiger partial charge on any atom is 0.216 e. The number of aliphatic imine (C=N–C) groups is 1. The minimum atomic E-state index is -3.34. The Morgan fingerprint density at radius 1 is 1.38 bits per heavy atom. The molecule has 166 valence electrons. The van der Waals surface area contributed by atoms with Gasteiger partial charge in [-0.1, -0.05) is 0 Å². The average Bonchev–Trinajstić information content (AvgIpc) is 3.20. The quantitative estimate of drug-likeness (QED) is 0.441. The third-order valence-electron chi connectivity index (χ3n) is 4.65. The van der Waals surface area contributed by atoms with Gasteiger partial charge in [-0.25, -0.2) is 13.4 Å². The van der Waals surface area contributed by atoms with Gasteiger partial charge in [0.05, 0.1) is 31.3 Å². The Kier molecular flexibility index (Phi) is 8.50. The molecule has 1 aliphatic heterocycles. The summed E-state index contributed by atoms with van der Waals surface area (Å²) in [5.41, 5.74) is -1.22. The van der Waals surface area contributed by atoms with Crippen LogP contribution in [-0.2, 0) is 20.4 Å². The molecule has 0 saturated carbocycles. The molecule has 1 aliphatic rings. The van der Waals surface area contributed by atoms with E-state index >= 15 is 0 Å². The third kappa shape index (κ3) is 6.98. The first-order chi connectivity index (χ1) is 13.7. The predicted molar refractivity (Wildman–Crippen MR) is 112 cm³/mol. The number of hydrogen-bond acceptors (Lipinski definition) is 6. The fourth-order valence-corrected chi connectivity index (χ4v) is 4.30. The number of rotatable bonds is 9. The van der Waals surface area contributed by atoms with Crippen molar-refractivity contribution in [2.24, 2.45) is 4.99 Å². The summed E-state index contributed by atoms with van der Waals surface area (Å²) in [7, 11) is -3.34. The van der Waals surface area contributed by atoms with Crippen molar-refractivity contribution in [3.63, 3.8) is 0 Å². The monoisotopic (exact) mass is 430 g/mol. The fraction of sp³-hybridized carbons (Fsp3) is 0.737. The summed E-state index contributed by atoms with van der Waals surface area (Å²) in [6.07, 6.45) is 1.53. The van der Waals surface area contributed by atoms with Crippen molar-refractivity contribution < 1.29 is 22.7 Å². The zero-order chi connectivity index (χ0) is 21.5. The Hall–Kier alpha value is -1.62. The van der Waals surface area contributed by atoms with Crippen LogP contribution in [-0.4, -0.2) is 86.4 Å². The minimum Gasteiger partial charge on any atom is -0.466 e. The summed E-state index contributed by atoms with van der Waals surface area (Å²) in [5.74, 6) is 1.10. The predicted octanol–water partition coefficient (Wildman–Crippen LogP) is 0.825. The molecule has 2 rings (SSSR count). The standard InChI is InChI=1S/C19H34N4O5S/c1-5-20-18(21-15-19(4,24)17-7-6-12-28-17)22-8-10-23(11-9-22)29(25,26)14-13-27-16(2)3/h6-7,12,16,24H,5,8-11,13-15H2,1-4H3,(H,20,21). The summed E-state index contributed by atoms with van der Waals surface area (Å²) < 4.78 is 37.2. The topological polar surface area (TPSA) is 108 Å². The Balaban J connectivity index is 1.95. The van der Waals surface area contributed by atoms with Crippen molar-refractivity contribution in [1.29, 1.82) is 0 Å². The van der Waals surface area contributed by atoms with Gasteiger partial charge in [0.1, 0.15) is 11.4 Å². The first-order valence-electron chi connectivity index (χ1n) is 10.0. The average molecular weight is 431 g/mol. The van der Waals surface area contributed by atoms with Crippen molar-refractivity contribution >= 4 is 16.0 Å². The smallest absolute Gasteiger partial charge is 0.216 e. The van der Waals surface area contributed by atoms with Crippen LogP contribution in [0, 0.1) is 0 Å². The van der Waals surface area contributed by atoms with Gasteiger partial charge in [0.25, 0.3) is 0 Å². The second-order valence-electron chi connectivity index (χ2n) is 7.54. The summed E-state index contributed by atoms with van der Waals surface area (Å²) in [4.78, 5) is 6.57. The highest BCUT2D eigenvalue weighted by molar-refractivity contribution is 7.89. The minimum absolute atomic E-state index is 0.00858. The molecule has 9 nitrogen and oxygen atoms in total. The molecule has 0 spiro atoms. The molecule has 0 amide bonds. The molecule has 1 atom stereocenters. The highest BCUT2D eigenvalue weighted by Gasteiger charge is 2.30. The molecular weight excluding hydrogens is 396 g/mol. The van der Waals surface area contributed by atoms with E-state index in [1.807, 2.05) is 25.7 Å². The number of ether oxygens (including phenoxy) is 1. The van der Waals surface area contributed by atoms with Crippen molar-refractivity contribution in [2.45, 2.75) is 39.4 Å². The molecule has 0 bridgehead atoms. The molecule has 1 fully saturated rings. The number of aliphatic hydroxyl groups is 1. The van der Waals surface area contributed by atoms with Crippen LogP contribution < -0.4 is 5.32 Å².